The second-order valence-electron chi connectivity index (χ2n) is 3.31. The highest BCUT2D eigenvalue weighted by Crippen LogP contribution is 2.19. The number of methoxy groups -OCH3 is 1. The van der Waals surface area contributed by atoms with Crippen molar-refractivity contribution in [1.29, 1.82) is 5.26 Å². The zero-order valence-corrected chi connectivity index (χ0v) is 10.3. The summed E-state index contributed by atoms with van der Waals surface area (Å²) in [4.78, 5) is 26.2. The van der Waals surface area contributed by atoms with Crippen molar-refractivity contribution in [2.45, 2.75) is 11.8 Å². The van der Waals surface area contributed by atoms with Crippen molar-refractivity contribution >= 4 is 23.2 Å². The largest absolute Gasteiger partial charge is 0.495 e. The van der Waals surface area contributed by atoms with Gasteiger partial charge in [0.2, 0.25) is 11.6 Å². The first kappa shape index (κ1) is 15.0. The second kappa shape index (κ2) is 6.20. The highest BCUT2D eigenvalue weighted by atomic mass is 35.5. The lowest BCUT2D eigenvalue weighted by molar-refractivity contribution is -0.128. The van der Waals surface area contributed by atoms with E-state index < -0.39 is 23.4 Å². The van der Waals surface area contributed by atoms with Gasteiger partial charge in [-0.15, -0.1) is 11.6 Å². The van der Waals surface area contributed by atoms with Gasteiger partial charge in [0.1, 0.15) is 23.1 Å². The molecule has 100 valence electrons. The predicted molar refractivity (Wildman–Crippen MR) is 60.5 cm³/mol. The minimum Gasteiger partial charge on any atom is -0.495 e. The van der Waals surface area contributed by atoms with Gasteiger partial charge < -0.3 is 4.74 Å². The summed E-state index contributed by atoms with van der Waals surface area (Å²) in [7, 11) is 1.26. The molecule has 0 fully saturated rings. The molecule has 0 bridgehead atoms. The molecule has 0 radical (unpaired) electrons. The Kier molecular flexibility index (Phi) is 4.89. The molecule has 1 rings (SSSR count). The van der Waals surface area contributed by atoms with Gasteiger partial charge in [-0.25, -0.2) is 8.78 Å². The van der Waals surface area contributed by atoms with Crippen LogP contribution in [0.5, 0.6) is 5.75 Å². The molecule has 0 spiro atoms. The van der Waals surface area contributed by atoms with Gasteiger partial charge in [-0.05, 0) is 0 Å². The van der Waals surface area contributed by atoms with E-state index in [2.05, 4.69) is 4.98 Å². The lowest BCUT2D eigenvalue weighted by Crippen LogP contribution is -2.30. The minimum atomic E-state index is -3.34. The van der Waals surface area contributed by atoms with Crippen molar-refractivity contribution in [2.75, 3.05) is 7.11 Å². The fourth-order valence-electron chi connectivity index (χ4n) is 1.19. The van der Waals surface area contributed by atoms with Crippen LogP contribution < -0.4 is 4.74 Å². The van der Waals surface area contributed by atoms with Gasteiger partial charge in [0.25, 0.3) is 6.43 Å². The Labute approximate surface area is 111 Å². The monoisotopic (exact) mass is 288 g/mol. The molecule has 1 aromatic heterocycles. The van der Waals surface area contributed by atoms with Crippen molar-refractivity contribution in [1.82, 2.24) is 4.98 Å². The summed E-state index contributed by atoms with van der Waals surface area (Å²) < 4.78 is 29.1. The molecule has 1 heterocycles. The van der Waals surface area contributed by atoms with Crippen LogP contribution in [0.3, 0.4) is 0 Å². The van der Waals surface area contributed by atoms with Crippen LogP contribution in [0.4, 0.5) is 8.78 Å². The van der Waals surface area contributed by atoms with E-state index in [-0.39, 0.29) is 17.0 Å². The van der Waals surface area contributed by atoms with E-state index in [4.69, 9.17) is 21.6 Å². The van der Waals surface area contributed by atoms with E-state index in [1.54, 1.807) is 6.07 Å². The maximum absolute atomic E-state index is 12.1. The lowest BCUT2D eigenvalue weighted by atomic mass is 10.1. The number of hydrogen-bond donors (Lipinski definition) is 0. The van der Waals surface area contributed by atoms with Gasteiger partial charge in [-0.1, -0.05) is 0 Å². The van der Waals surface area contributed by atoms with Crippen LogP contribution in [0.15, 0.2) is 12.3 Å². The molecule has 0 saturated carbocycles. The number of halogens is 3. The molecule has 0 aliphatic heterocycles. The number of nitriles is 1. The lowest BCUT2D eigenvalue weighted by Gasteiger charge is -2.08. The fraction of sp³-hybridized carbons (Fsp3) is 0.273. The molecule has 8 heteroatoms. The average molecular weight is 289 g/mol. The standard InChI is InChI=1S/C11H7ClF2N2O3/c1-19-7-2-6(16-4-5(7)3-15)9(17)8(12)10(18)11(13)14/h2,4,8,11H,1H3. The first-order chi connectivity index (χ1) is 8.92. The Morgan fingerprint density at radius 3 is 2.63 bits per heavy atom. The molecule has 1 atom stereocenters. The number of nitrogens with zero attached hydrogens (tertiary/aromatic N) is 2. The Balaban J connectivity index is 3.08. The number of aromatic nitrogens is 1. The van der Waals surface area contributed by atoms with E-state index >= 15 is 0 Å². The van der Waals surface area contributed by atoms with Crippen LogP contribution in [0.1, 0.15) is 16.1 Å². The molecule has 1 aromatic rings. The summed E-state index contributed by atoms with van der Waals surface area (Å²) in [6.07, 6.45) is -2.31. The van der Waals surface area contributed by atoms with E-state index in [1.165, 1.54) is 7.11 Å². The molecule has 0 saturated heterocycles. The Morgan fingerprint density at radius 1 is 1.53 bits per heavy atom. The van der Waals surface area contributed by atoms with Crippen LogP contribution in [0, 0.1) is 11.3 Å². The summed E-state index contributed by atoms with van der Waals surface area (Å²) in [6, 6.07) is 2.83. The molecule has 0 aliphatic carbocycles. The normalized spacial score (nSPS) is 11.8. The summed E-state index contributed by atoms with van der Waals surface area (Å²) in [6.45, 7) is 0. The molecule has 1 unspecified atom stereocenters. The van der Waals surface area contributed by atoms with Crippen LogP contribution in [0.2, 0.25) is 0 Å². The molecule has 0 N–H and O–H groups in total. The number of ether oxygens (including phenoxy) is 1. The van der Waals surface area contributed by atoms with E-state index in [1.807, 2.05) is 0 Å². The van der Waals surface area contributed by atoms with Crippen LogP contribution in [0.25, 0.3) is 0 Å². The summed E-state index contributed by atoms with van der Waals surface area (Å²) >= 11 is 5.36. The van der Waals surface area contributed by atoms with Gasteiger partial charge in [-0.3, -0.25) is 14.6 Å². The number of carbonyl (C=O) groups is 2. The fourth-order valence-corrected chi connectivity index (χ4v) is 1.40. The zero-order valence-electron chi connectivity index (χ0n) is 9.56. The van der Waals surface area contributed by atoms with Crippen molar-refractivity contribution < 1.29 is 23.1 Å². The number of alkyl halides is 3. The van der Waals surface area contributed by atoms with E-state index in [0.717, 1.165) is 12.3 Å². The predicted octanol–water partition coefficient (Wildman–Crippen LogP) is 1.59. The van der Waals surface area contributed by atoms with Gasteiger partial charge in [0.15, 0.2) is 5.38 Å². The van der Waals surface area contributed by atoms with Crippen LogP contribution in [-0.2, 0) is 4.79 Å². The molecule has 19 heavy (non-hydrogen) atoms. The number of Topliss-reactive ketones (excluding diaryl/α,β-unsaturated/α-hetero) is 2. The van der Waals surface area contributed by atoms with E-state index in [9.17, 15) is 18.4 Å². The highest BCUT2D eigenvalue weighted by molar-refractivity contribution is 6.44. The van der Waals surface area contributed by atoms with Crippen molar-refractivity contribution in [3.05, 3.63) is 23.5 Å². The molecule has 0 aliphatic rings. The SMILES string of the molecule is COc1cc(C(=O)C(Cl)C(=O)C(F)F)ncc1C#N. The molecule has 0 amide bonds. The quantitative estimate of drug-likeness (QED) is 0.467. The number of hydrogen-bond acceptors (Lipinski definition) is 5. The van der Waals surface area contributed by atoms with Gasteiger partial charge in [0, 0.05) is 12.3 Å². The summed E-state index contributed by atoms with van der Waals surface area (Å²) in [5, 5.41) is 6.69. The Morgan fingerprint density at radius 2 is 2.16 bits per heavy atom. The van der Waals surface area contributed by atoms with Crippen molar-refractivity contribution in [2.24, 2.45) is 0 Å². The second-order valence-corrected chi connectivity index (χ2v) is 3.75. The van der Waals surface area contributed by atoms with Crippen molar-refractivity contribution in [3.63, 3.8) is 0 Å². The molecular weight excluding hydrogens is 282 g/mol. The summed E-state index contributed by atoms with van der Waals surface area (Å²) in [5.41, 5.74) is -0.268. The Hall–Kier alpha value is -2.07. The van der Waals surface area contributed by atoms with E-state index in [0.29, 0.717) is 0 Å². The van der Waals surface area contributed by atoms with Gasteiger partial charge in [-0.2, -0.15) is 5.26 Å². The number of carbonyl (C=O) groups excluding carboxylic acids is 2. The average Bonchev–Trinajstić information content (AvgIpc) is 2.43. The smallest absolute Gasteiger partial charge is 0.298 e. The number of pyridine rings is 1. The third kappa shape index (κ3) is 3.23. The Bertz CT molecular complexity index is 557. The van der Waals surface area contributed by atoms with Crippen molar-refractivity contribution in [3.8, 4) is 11.8 Å². The van der Waals surface area contributed by atoms with Crippen LogP contribution in [-0.4, -0.2) is 35.5 Å². The molecule has 5 nitrogen and oxygen atoms in total. The topological polar surface area (TPSA) is 80.1 Å². The maximum Gasteiger partial charge on any atom is 0.298 e. The molecule has 0 aromatic carbocycles. The first-order valence-electron chi connectivity index (χ1n) is 4.86. The third-order valence-corrected chi connectivity index (χ3v) is 2.57. The number of ketones is 2. The zero-order chi connectivity index (χ0) is 14.6. The third-order valence-electron chi connectivity index (χ3n) is 2.15. The minimum absolute atomic E-state index is 0.0363. The molecular formula is C11H7ClF2N2O3. The first-order valence-corrected chi connectivity index (χ1v) is 5.30. The maximum atomic E-state index is 12.1. The van der Waals surface area contributed by atoms with Crippen LogP contribution >= 0.6 is 11.6 Å². The van der Waals surface area contributed by atoms with Gasteiger partial charge >= 0.3 is 0 Å². The number of rotatable bonds is 5. The highest BCUT2D eigenvalue weighted by Gasteiger charge is 2.32. The summed E-state index contributed by atoms with van der Waals surface area (Å²) in [5.74, 6) is -2.74. The van der Waals surface area contributed by atoms with Gasteiger partial charge in [0.05, 0.1) is 7.11 Å².